The predicted octanol–water partition coefficient (Wildman–Crippen LogP) is 1.71. The van der Waals surface area contributed by atoms with Crippen molar-refractivity contribution in [3.63, 3.8) is 0 Å². The van der Waals surface area contributed by atoms with E-state index in [9.17, 15) is 9.59 Å². The molecule has 1 aromatic carbocycles. The lowest BCUT2D eigenvalue weighted by Crippen LogP contribution is -2.43. The summed E-state index contributed by atoms with van der Waals surface area (Å²) in [7, 11) is 0. The van der Waals surface area contributed by atoms with Gasteiger partial charge < -0.3 is 16.2 Å². The summed E-state index contributed by atoms with van der Waals surface area (Å²) in [4.78, 5) is 22.3. The van der Waals surface area contributed by atoms with Gasteiger partial charge in [-0.15, -0.1) is 0 Å². The van der Waals surface area contributed by atoms with E-state index in [4.69, 9.17) is 22.4 Å². The maximum absolute atomic E-state index is 11.8. The first kappa shape index (κ1) is 15.5. The van der Waals surface area contributed by atoms with E-state index in [1.165, 1.54) is 0 Å². The molecule has 0 saturated carbocycles. The zero-order valence-corrected chi connectivity index (χ0v) is 11.4. The molecule has 4 N–H and O–H groups in total. The van der Waals surface area contributed by atoms with Crippen LogP contribution in [0.1, 0.15) is 31.4 Å². The van der Waals surface area contributed by atoms with Crippen molar-refractivity contribution in [2.24, 2.45) is 5.73 Å². The van der Waals surface area contributed by atoms with Crippen molar-refractivity contribution >= 4 is 23.5 Å². The van der Waals surface area contributed by atoms with E-state index in [0.29, 0.717) is 11.4 Å². The highest BCUT2D eigenvalue weighted by molar-refractivity contribution is 6.30. The Balaban J connectivity index is 2.72. The fourth-order valence-electron chi connectivity index (χ4n) is 1.70. The number of rotatable bonds is 6. The molecule has 6 heteroatoms. The zero-order valence-electron chi connectivity index (χ0n) is 10.6. The predicted molar refractivity (Wildman–Crippen MR) is 72.9 cm³/mol. The summed E-state index contributed by atoms with van der Waals surface area (Å²) in [6, 6.07) is 5.87. The summed E-state index contributed by atoms with van der Waals surface area (Å²) in [6.07, 6.45) is 0.268. The normalized spacial score (nSPS) is 13.6. The average Bonchev–Trinajstić information content (AvgIpc) is 2.34. The third-order valence-corrected chi connectivity index (χ3v) is 2.94. The van der Waals surface area contributed by atoms with E-state index in [1.54, 1.807) is 18.2 Å². The highest BCUT2D eigenvalue weighted by Crippen LogP contribution is 2.20. The van der Waals surface area contributed by atoms with Gasteiger partial charge in [-0.05, 0) is 24.1 Å². The summed E-state index contributed by atoms with van der Waals surface area (Å²) < 4.78 is 0. The van der Waals surface area contributed by atoms with Crippen LogP contribution in [-0.2, 0) is 9.59 Å². The van der Waals surface area contributed by atoms with Gasteiger partial charge in [0.25, 0.3) is 0 Å². The molecule has 0 radical (unpaired) electrons. The zero-order chi connectivity index (χ0) is 14.4. The maximum atomic E-state index is 11.8. The molecule has 0 aromatic heterocycles. The Morgan fingerprint density at radius 2 is 2.16 bits per heavy atom. The van der Waals surface area contributed by atoms with Crippen molar-refractivity contribution in [2.75, 3.05) is 0 Å². The van der Waals surface area contributed by atoms with Crippen LogP contribution >= 0.6 is 11.6 Å². The first-order chi connectivity index (χ1) is 8.93. The Labute approximate surface area is 116 Å². The number of halogens is 1. The Kier molecular flexibility index (Phi) is 5.79. The van der Waals surface area contributed by atoms with Crippen LogP contribution in [0.4, 0.5) is 0 Å². The number of amides is 1. The number of carbonyl (C=O) groups is 2. The van der Waals surface area contributed by atoms with E-state index in [0.717, 1.165) is 5.56 Å². The molecule has 2 atom stereocenters. The number of aliphatic carboxylic acids is 1. The van der Waals surface area contributed by atoms with Gasteiger partial charge in [0, 0.05) is 5.02 Å². The summed E-state index contributed by atoms with van der Waals surface area (Å²) >= 11 is 5.90. The Morgan fingerprint density at radius 3 is 2.68 bits per heavy atom. The second-order valence-electron chi connectivity index (χ2n) is 4.23. The van der Waals surface area contributed by atoms with E-state index in [2.05, 4.69) is 5.32 Å². The quantitative estimate of drug-likeness (QED) is 0.741. The molecule has 1 rings (SSSR count). The molecule has 0 bridgehead atoms. The maximum Gasteiger partial charge on any atom is 0.305 e. The van der Waals surface area contributed by atoms with Crippen molar-refractivity contribution in [3.8, 4) is 0 Å². The molecule has 0 spiro atoms. The molecule has 0 aliphatic rings. The van der Waals surface area contributed by atoms with E-state index in [1.807, 2.05) is 13.0 Å². The molecule has 0 aliphatic carbocycles. The van der Waals surface area contributed by atoms with Gasteiger partial charge in [0.2, 0.25) is 5.91 Å². The van der Waals surface area contributed by atoms with Crippen LogP contribution in [0.15, 0.2) is 24.3 Å². The van der Waals surface area contributed by atoms with Crippen molar-refractivity contribution in [1.82, 2.24) is 5.32 Å². The first-order valence-corrected chi connectivity index (χ1v) is 6.35. The fraction of sp³-hybridized carbons (Fsp3) is 0.385. The highest BCUT2D eigenvalue weighted by Gasteiger charge is 2.20. The third-order valence-electron chi connectivity index (χ3n) is 2.71. The fourth-order valence-corrected chi connectivity index (χ4v) is 1.90. The third kappa shape index (κ3) is 4.89. The summed E-state index contributed by atoms with van der Waals surface area (Å²) in [5.74, 6) is -1.58. The van der Waals surface area contributed by atoms with Crippen LogP contribution in [0.25, 0.3) is 0 Å². The summed E-state index contributed by atoms with van der Waals surface area (Å²) in [5, 5.41) is 11.9. The molecule has 104 valence electrons. The van der Waals surface area contributed by atoms with Crippen molar-refractivity contribution in [1.29, 1.82) is 0 Å². The van der Waals surface area contributed by atoms with Gasteiger partial charge in [-0.2, -0.15) is 0 Å². The Morgan fingerprint density at radius 1 is 1.47 bits per heavy atom. The lowest BCUT2D eigenvalue weighted by atomic mass is 10.0. The van der Waals surface area contributed by atoms with Gasteiger partial charge in [-0.1, -0.05) is 30.7 Å². The van der Waals surface area contributed by atoms with Crippen LogP contribution in [-0.4, -0.2) is 23.0 Å². The molecule has 19 heavy (non-hydrogen) atoms. The minimum absolute atomic E-state index is 0.231. The lowest BCUT2D eigenvalue weighted by Gasteiger charge is -2.19. The summed E-state index contributed by atoms with van der Waals surface area (Å²) in [6.45, 7) is 1.91. The second kappa shape index (κ2) is 7.11. The van der Waals surface area contributed by atoms with E-state index >= 15 is 0 Å². The number of nitrogens with two attached hydrogens (primary N) is 1. The Hall–Kier alpha value is -1.59. The van der Waals surface area contributed by atoms with Crippen LogP contribution in [0.5, 0.6) is 0 Å². The van der Waals surface area contributed by atoms with Crippen molar-refractivity contribution < 1.29 is 14.7 Å². The molecule has 1 aromatic rings. The number of carbonyl (C=O) groups excluding carboxylic acids is 1. The minimum atomic E-state index is -1.10. The number of carboxylic acids is 1. The van der Waals surface area contributed by atoms with Gasteiger partial charge >= 0.3 is 5.97 Å². The second-order valence-corrected chi connectivity index (χ2v) is 4.67. The molecule has 0 aliphatic heterocycles. The monoisotopic (exact) mass is 284 g/mol. The van der Waals surface area contributed by atoms with E-state index in [-0.39, 0.29) is 6.04 Å². The number of hydrogen-bond donors (Lipinski definition) is 3. The SMILES string of the molecule is CCC(NC(=O)C(N)CC(=O)O)c1cccc(Cl)c1. The Bertz CT molecular complexity index is 465. The number of carboxylic acid groups (broad SMARTS) is 1. The van der Waals surface area contributed by atoms with Crippen molar-refractivity contribution in [3.05, 3.63) is 34.9 Å². The largest absolute Gasteiger partial charge is 0.481 e. The standard InChI is InChI=1S/C13H17ClN2O3/c1-2-11(8-4-3-5-9(14)6-8)16-13(19)10(15)7-12(17)18/h3-6,10-11H,2,7,15H2,1H3,(H,16,19)(H,17,18). The molecular formula is C13H17ClN2O3. The average molecular weight is 285 g/mol. The van der Waals surface area contributed by atoms with Gasteiger partial charge in [0.1, 0.15) is 0 Å². The number of benzene rings is 1. The van der Waals surface area contributed by atoms with Crippen LogP contribution < -0.4 is 11.1 Å². The molecular weight excluding hydrogens is 268 g/mol. The molecule has 1 amide bonds. The topological polar surface area (TPSA) is 92.4 Å². The van der Waals surface area contributed by atoms with Gasteiger partial charge in [-0.25, -0.2) is 0 Å². The lowest BCUT2D eigenvalue weighted by molar-refractivity contribution is -0.139. The number of hydrogen-bond acceptors (Lipinski definition) is 3. The molecule has 0 saturated heterocycles. The van der Waals surface area contributed by atoms with E-state index < -0.39 is 24.3 Å². The molecule has 2 unspecified atom stereocenters. The first-order valence-electron chi connectivity index (χ1n) is 5.97. The number of nitrogens with one attached hydrogen (secondary N) is 1. The molecule has 0 heterocycles. The van der Waals surface area contributed by atoms with Gasteiger partial charge in [0.15, 0.2) is 0 Å². The highest BCUT2D eigenvalue weighted by atomic mass is 35.5. The minimum Gasteiger partial charge on any atom is -0.481 e. The molecule has 0 fully saturated rings. The van der Waals surface area contributed by atoms with Gasteiger partial charge in [-0.3, -0.25) is 9.59 Å². The molecule has 5 nitrogen and oxygen atoms in total. The van der Waals surface area contributed by atoms with Crippen LogP contribution in [0, 0.1) is 0 Å². The smallest absolute Gasteiger partial charge is 0.305 e. The summed E-state index contributed by atoms with van der Waals surface area (Å²) in [5.41, 5.74) is 6.38. The van der Waals surface area contributed by atoms with Crippen LogP contribution in [0.2, 0.25) is 5.02 Å². The van der Waals surface area contributed by atoms with Crippen molar-refractivity contribution in [2.45, 2.75) is 31.8 Å². The van der Waals surface area contributed by atoms with Crippen LogP contribution in [0.3, 0.4) is 0 Å². The van der Waals surface area contributed by atoms with Gasteiger partial charge in [0.05, 0.1) is 18.5 Å².